The van der Waals surface area contributed by atoms with E-state index in [0.29, 0.717) is 6.04 Å². The molecule has 72 valence electrons. The van der Waals surface area contributed by atoms with Gasteiger partial charge in [0.25, 0.3) is 0 Å². The topological polar surface area (TPSA) is 38.0 Å². The smallest absolute Gasteiger partial charge is 0.0192 e. The van der Waals surface area contributed by atoms with Crippen LogP contribution in [-0.2, 0) is 0 Å². The Labute approximate surface area is 76.2 Å². The van der Waals surface area contributed by atoms with Gasteiger partial charge in [-0.05, 0) is 25.3 Å². The highest BCUT2D eigenvalue weighted by Gasteiger charge is 2.06. The third-order valence-corrected chi connectivity index (χ3v) is 1.82. The lowest BCUT2D eigenvalue weighted by Crippen LogP contribution is -2.37. The molecular weight excluding hydrogens is 148 g/mol. The van der Waals surface area contributed by atoms with Crippen molar-refractivity contribution in [2.45, 2.75) is 32.7 Å². The number of hydrogen-bond donors (Lipinski definition) is 2. The lowest BCUT2D eigenvalue weighted by atomic mass is 10.0. The van der Waals surface area contributed by atoms with E-state index in [2.05, 4.69) is 25.7 Å². The molecule has 0 aromatic rings. The summed E-state index contributed by atoms with van der Waals surface area (Å²) in [6.45, 7) is 9.84. The van der Waals surface area contributed by atoms with Crippen LogP contribution in [0.4, 0.5) is 0 Å². The molecule has 3 N–H and O–H groups in total. The normalized spacial score (nSPS) is 13.3. The zero-order valence-electron chi connectivity index (χ0n) is 8.34. The van der Waals surface area contributed by atoms with Crippen molar-refractivity contribution in [3.05, 3.63) is 12.7 Å². The van der Waals surface area contributed by atoms with Crippen LogP contribution < -0.4 is 11.1 Å². The summed E-state index contributed by atoms with van der Waals surface area (Å²) in [6, 6.07) is 0.477. The Morgan fingerprint density at radius 3 is 2.58 bits per heavy atom. The van der Waals surface area contributed by atoms with Crippen LogP contribution >= 0.6 is 0 Å². The van der Waals surface area contributed by atoms with Crippen molar-refractivity contribution in [1.29, 1.82) is 0 Å². The van der Waals surface area contributed by atoms with Crippen molar-refractivity contribution in [3.63, 3.8) is 0 Å². The fourth-order valence-corrected chi connectivity index (χ4v) is 1.22. The van der Waals surface area contributed by atoms with E-state index in [1.807, 2.05) is 6.08 Å². The van der Waals surface area contributed by atoms with Crippen molar-refractivity contribution in [3.8, 4) is 0 Å². The predicted octanol–water partition coefficient (Wildman–Crippen LogP) is 1.53. The molecule has 0 aliphatic rings. The Hall–Kier alpha value is -0.340. The van der Waals surface area contributed by atoms with Gasteiger partial charge < -0.3 is 11.1 Å². The summed E-state index contributed by atoms with van der Waals surface area (Å²) in [5, 5.41) is 3.41. The first-order valence-corrected chi connectivity index (χ1v) is 4.75. The predicted molar refractivity (Wildman–Crippen MR) is 55.1 cm³/mol. The van der Waals surface area contributed by atoms with E-state index in [1.165, 1.54) is 0 Å². The zero-order valence-corrected chi connectivity index (χ0v) is 8.34. The van der Waals surface area contributed by atoms with Gasteiger partial charge in [-0.1, -0.05) is 19.9 Å². The summed E-state index contributed by atoms with van der Waals surface area (Å²) in [6.07, 6.45) is 4.11. The monoisotopic (exact) mass is 170 g/mol. The van der Waals surface area contributed by atoms with Crippen molar-refractivity contribution in [2.75, 3.05) is 13.1 Å². The largest absolute Gasteiger partial charge is 0.329 e. The van der Waals surface area contributed by atoms with Crippen LogP contribution in [0, 0.1) is 5.92 Å². The van der Waals surface area contributed by atoms with E-state index in [1.54, 1.807) is 0 Å². The summed E-state index contributed by atoms with van der Waals surface area (Å²) in [4.78, 5) is 0. The third-order valence-electron chi connectivity index (χ3n) is 1.82. The fraction of sp³-hybridized carbons (Fsp3) is 0.800. The van der Waals surface area contributed by atoms with Gasteiger partial charge in [-0.3, -0.25) is 0 Å². The van der Waals surface area contributed by atoms with Crippen molar-refractivity contribution >= 4 is 0 Å². The van der Waals surface area contributed by atoms with Gasteiger partial charge in [0, 0.05) is 12.6 Å². The molecule has 0 bridgehead atoms. The SMILES string of the molecule is C=CCCNC(CN)CC(C)C. The van der Waals surface area contributed by atoms with E-state index in [0.717, 1.165) is 31.8 Å². The van der Waals surface area contributed by atoms with E-state index in [4.69, 9.17) is 5.73 Å². The molecule has 0 saturated carbocycles. The van der Waals surface area contributed by atoms with Gasteiger partial charge in [0.1, 0.15) is 0 Å². The minimum Gasteiger partial charge on any atom is -0.329 e. The first-order valence-electron chi connectivity index (χ1n) is 4.75. The Kier molecular flexibility index (Phi) is 7.11. The zero-order chi connectivity index (χ0) is 9.40. The molecular formula is C10H22N2. The Morgan fingerprint density at radius 1 is 1.50 bits per heavy atom. The second kappa shape index (κ2) is 7.32. The maximum absolute atomic E-state index is 5.61. The summed E-state index contributed by atoms with van der Waals surface area (Å²) < 4.78 is 0. The summed E-state index contributed by atoms with van der Waals surface area (Å²) in [5.41, 5.74) is 5.61. The van der Waals surface area contributed by atoms with Crippen molar-refractivity contribution in [1.82, 2.24) is 5.32 Å². The van der Waals surface area contributed by atoms with E-state index in [-0.39, 0.29) is 0 Å². The average Bonchev–Trinajstić information content (AvgIpc) is 2.02. The second-order valence-electron chi connectivity index (χ2n) is 3.59. The van der Waals surface area contributed by atoms with Crippen LogP contribution in [0.3, 0.4) is 0 Å². The molecule has 12 heavy (non-hydrogen) atoms. The quantitative estimate of drug-likeness (QED) is 0.449. The Bertz CT molecular complexity index is 110. The van der Waals surface area contributed by atoms with Gasteiger partial charge >= 0.3 is 0 Å². The van der Waals surface area contributed by atoms with Crippen LogP contribution in [-0.4, -0.2) is 19.1 Å². The Morgan fingerprint density at radius 2 is 2.17 bits per heavy atom. The van der Waals surface area contributed by atoms with Gasteiger partial charge in [-0.25, -0.2) is 0 Å². The first kappa shape index (κ1) is 11.7. The van der Waals surface area contributed by atoms with Crippen LogP contribution in [0.1, 0.15) is 26.7 Å². The van der Waals surface area contributed by atoms with Gasteiger partial charge in [-0.2, -0.15) is 0 Å². The van der Waals surface area contributed by atoms with E-state index in [9.17, 15) is 0 Å². The minimum atomic E-state index is 0.477. The molecule has 0 aromatic heterocycles. The highest BCUT2D eigenvalue weighted by atomic mass is 14.9. The molecule has 2 nitrogen and oxygen atoms in total. The van der Waals surface area contributed by atoms with Gasteiger partial charge in [0.2, 0.25) is 0 Å². The number of nitrogens with two attached hydrogens (primary N) is 1. The molecule has 1 unspecified atom stereocenters. The van der Waals surface area contributed by atoms with Crippen LogP contribution in [0.2, 0.25) is 0 Å². The minimum absolute atomic E-state index is 0.477. The molecule has 1 atom stereocenters. The van der Waals surface area contributed by atoms with Gasteiger partial charge in [0.15, 0.2) is 0 Å². The fourth-order valence-electron chi connectivity index (χ4n) is 1.22. The highest BCUT2D eigenvalue weighted by molar-refractivity contribution is 4.73. The van der Waals surface area contributed by atoms with E-state index < -0.39 is 0 Å². The first-order chi connectivity index (χ1) is 5.70. The van der Waals surface area contributed by atoms with Crippen LogP contribution in [0.15, 0.2) is 12.7 Å². The molecule has 0 fully saturated rings. The maximum atomic E-state index is 5.61. The molecule has 0 aromatic carbocycles. The second-order valence-corrected chi connectivity index (χ2v) is 3.59. The van der Waals surface area contributed by atoms with Gasteiger partial charge in [-0.15, -0.1) is 6.58 Å². The molecule has 0 radical (unpaired) electrons. The molecule has 0 saturated heterocycles. The molecule has 0 aliphatic heterocycles. The van der Waals surface area contributed by atoms with Crippen LogP contribution in [0.25, 0.3) is 0 Å². The third kappa shape index (κ3) is 6.38. The summed E-state index contributed by atoms with van der Waals surface area (Å²) in [5.74, 6) is 0.717. The standard InChI is InChI=1S/C10H22N2/c1-4-5-6-12-10(8-11)7-9(2)3/h4,9-10,12H,1,5-8,11H2,2-3H3. The highest BCUT2D eigenvalue weighted by Crippen LogP contribution is 2.03. The number of nitrogens with one attached hydrogen (secondary N) is 1. The molecule has 0 rings (SSSR count). The number of rotatable bonds is 7. The molecule has 0 amide bonds. The summed E-state index contributed by atoms with van der Waals surface area (Å²) in [7, 11) is 0. The number of hydrogen-bond acceptors (Lipinski definition) is 2. The molecule has 0 heterocycles. The van der Waals surface area contributed by atoms with Crippen LogP contribution in [0.5, 0.6) is 0 Å². The lowest BCUT2D eigenvalue weighted by molar-refractivity contribution is 0.427. The van der Waals surface area contributed by atoms with E-state index >= 15 is 0 Å². The van der Waals surface area contributed by atoms with Crippen molar-refractivity contribution < 1.29 is 0 Å². The van der Waals surface area contributed by atoms with Crippen molar-refractivity contribution in [2.24, 2.45) is 11.7 Å². The summed E-state index contributed by atoms with van der Waals surface area (Å²) >= 11 is 0. The molecule has 0 spiro atoms. The lowest BCUT2D eigenvalue weighted by Gasteiger charge is -2.18. The average molecular weight is 170 g/mol. The van der Waals surface area contributed by atoms with Gasteiger partial charge in [0.05, 0.1) is 0 Å². The maximum Gasteiger partial charge on any atom is 0.0192 e. The Balaban J connectivity index is 3.45. The molecule has 0 aliphatic carbocycles. The molecule has 2 heteroatoms.